The van der Waals surface area contributed by atoms with Crippen LogP contribution in [0.15, 0.2) is 47.4 Å². The van der Waals surface area contributed by atoms with Crippen LogP contribution in [0.1, 0.15) is 5.56 Å². The number of benzene rings is 2. The molecule has 0 aliphatic rings. The van der Waals surface area contributed by atoms with Crippen molar-refractivity contribution in [1.82, 2.24) is 0 Å². The van der Waals surface area contributed by atoms with Gasteiger partial charge in [0.15, 0.2) is 0 Å². The van der Waals surface area contributed by atoms with Gasteiger partial charge < -0.3 is 14.0 Å². The minimum atomic E-state index is -4.03. The Kier molecular flexibility index (Phi) is 3.85. The van der Waals surface area contributed by atoms with Crippen molar-refractivity contribution < 1.29 is 22.4 Å². The lowest BCUT2D eigenvalue weighted by atomic mass is 10.2. The van der Waals surface area contributed by atoms with Crippen LogP contribution in [0.4, 0.5) is 0 Å². The Bertz CT molecular complexity index is 702. The van der Waals surface area contributed by atoms with Crippen LogP contribution in [0, 0.1) is 6.92 Å². The van der Waals surface area contributed by atoms with E-state index in [1.807, 2.05) is 0 Å². The van der Waals surface area contributed by atoms with Gasteiger partial charge in [-0.05, 0) is 36.8 Å². The fourth-order valence-electron chi connectivity index (χ4n) is 1.77. The SMILES string of the molecule is COc1ccccc1S(=O)(=O)Oc1cc(C)cc(O)c1. The molecule has 20 heavy (non-hydrogen) atoms. The number of aryl methyl sites for hydroxylation is 1. The first-order valence-electron chi connectivity index (χ1n) is 5.80. The van der Waals surface area contributed by atoms with Crippen LogP contribution in [0.2, 0.25) is 0 Å². The number of para-hydroxylation sites is 1. The predicted molar refractivity (Wildman–Crippen MR) is 73.7 cm³/mol. The molecule has 5 nitrogen and oxygen atoms in total. The molecule has 0 saturated carbocycles. The van der Waals surface area contributed by atoms with E-state index in [0.29, 0.717) is 5.56 Å². The normalized spacial score (nSPS) is 11.1. The van der Waals surface area contributed by atoms with E-state index < -0.39 is 10.1 Å². The highest BCUT2D eigenvalue weighted by Crippen LogP contribution is 2.28. The van der Waals surface area contributed by atoms with Crippen molar-refractivity contribution in [3.8, 4) is 17.2 Å². The molecule has 0 fully saturated rings. The molecule has 0 aromatic heterocycles. The highest BCUT2D eigenvalue weighted by Gasteiger charge is 2.21. The predicted octanol–water partition coefficient (Wildman–Crippen LogP) is 2.48. The third-order valence-corrected chi connectivity index (χ3v) is 3.87. The molecule has 0 radical (unpaired) electrons. The van der Waals surface area contributed by atoms with Gasteiger partial charge in [-0.25, -0.2) is 0 Å². The van der Waals surface area contributed by atoms with Gasteiger partial charge in [0.1, 0.15) is 22.1 Å². The van der Waals surface area contributed by atoms with Crippen LogP contribution in [0.5, 0.6) is 17.2 Å². The topological polar surface area (TPSA) is 72.8 Å². The molecule has 0 aliphatic heterocycles. The molecule has 0 saturated heterocycles. The van der Waals surface area contributed by atoms with E-state index in [1.165, 1.54) is 37.4 Å². The number of hydrogen-bond donors (Lipinski definition) is 1. The number of phenolic OH excluding ortho intramolecular Hbond substituents is 1. The molecule has 0 unspecified atom stereocenters. The van der Waals surface area contributed by atoms with Gasteiger partial charge in [-0.1, -0.05) is 12.1 Å². The van der Waals surface area contributed by atoms with Gasteiger partial charge in [-0.15, -0.1) is 0 Å². The van der Waals surface area contributed by atoms with Crippen LogP contribution < -0.4 is 8.92 Å². The Hall–Kier alpha value is -2.21. The first-order chi connectivity index (χ1) is 9.42. The first-order valence-corrected chi connectivity index (χ1v) is 7.21. The second kappa shape index (κ2) is 5.42. The molecule has 2 aromatic carbocycles. The molecule has 0 bridgehead atoms. The number of methoxy groups -OCH3 is 1. The molecule has 0 amide bonds. The van der Waals surface area contributed by atoms with Crippen molar-refractivity contribution in [2.45, 2.75) is 11.8 Å². The van der Waals surface area contributed by atoms with E-state index in [4.69, 9.17) is 8.92 Å². The molecule has 0 atom stereocenters. The van der Waals surface area contributed by atoms with E-state index >= 15 is 0 Å². The Morgan fingerprint density at radius 3 is 2.45 bits per heavy atom. The number of hydrogen-bond acceptors (Lipinski definition) is 5. The van der Waals surface area contributed by atoms with Crippen molar-refractivity contribution in [3.05, 3.63) is 48.0 Å². The molecule has 0 heterocycles. The zero-order valence-corrected chi connectivity index (χ0v) is 11.8. The smallest absolute Gasteiger partial charge is 0.342 e. The van der Waals surface area contributed by atoms with Crippen molar-refractivity contribution in [2.24, 2.45) is 0 Å². The third kappa shape index (κ3) is 3.03. The summed E-state index contributed by atoms with van der Waals surface area (Å²) < 4.78 is 34.5. The Labute approximate surface area is 117 Å². The molecule has 6 heteroatoms. The Balaban J connectivity index is 2.41. The maximum absolute atomic E-state index is 12.2. The van der Waals surface area contributed by atoms with Gasteiger partial charge in [0, 0.05) is 6.07 Å². The summed E-state index contributed by atoms with van der Waals surface area (Å²) in [6.45, 7) is 1.72. The maximum atomic E-state index is 12.2. The van der Waals surface area contributed by atoms with Crippen molar-refractivity contribution in [3.63, 3.8) is 0 Å². The lowest BCUT2D eigenvalue weighted by molar-refractivity contribution is 0.398. The second-order valence-electron chi connectivity index (χ2n) is 4.19. The van der Waals surface area contributed by atoms with Crippen molar-refractivity contribution in [2.75, 3.05) is 7.11 Å². The van der Waals surface area contributed by atoms with Crippen LogP contribution in [0.3, 0.4) is 0 Å². The molecule has 1 N–H and O–H groups in total. The minimum Gasteiger partial charge on any atom is -0.508 e. The summed E-state index contributed by atoms with van der Waals surface area (Å²) in [5, 5.41) is 9.46. The van der Waals surface area contributed by atoms with Crippen LogP contribution in [-0.4, -0.2) is 20.6 Å². The fourth-order valence-corrected chi connectivity index (χ4v) is 2.86. The molecular weight excluding hydrogens is 280 g/mol. The van der Waals surface area contributed by atoms with E-state index in [9.17, 15) is 13.5 Å². The van der Waals surface area contributed by atoms with Gasteiger partial charge in [0.25, 0.3) is 0 Å². The lowest BCUT2D eigenvalue weighted by Gasteiger charge is -2.11. The first kappa shape index (κ1) is 14.2. The van der Waals surface area contributed by atoms with Gasteiger partial charge in [0.05, 0.1) is 7.11 Å². The average Bonchev–Trinajstić information content (AvgIpc) is 2.36. The Morgan fingerprint density at radius 1 is 1.10 bits per heavy atom. The maximum Gasteiger partial charge on any atom is 0.342 e. The minimum absolute atomic E-state index is 0.0495. The number of ether oxygens (including phenoxy) is 1. The summed E-state index contributed by atoms with van der Waals surface area (Å²) >= 11 is 0. The molecule has 106 valence electrons. The van der Waals surface area contributed by atoms with Crippen molar-refractivity contribution in [1.29, 1.82) is 0 Å². The highest BCUT2D eigenvalue weighted by molar-refractivity contribution is 7.87. The van der Waals surface area contributed by atoms with Gasteiger partial charge in [-0.2, -0.15) is 8.42 Å². The molecule has 2 aromatic rings. The third-order valence-electron chi connectivity index (χ3n) is 2.58. The second-order valence-corrected chi connectivity index (χ2v) is 5.71. The molecule has 0 spiro atoms. The van der Waals surface area contributed by atoms with Gasteiger partial charge >= 0.3 is 10.1 Å². The van der Waals surface area contributed by atoms with E-state index in [1.54, 1.807) is 19.1 Å². The quantitative estimate of drug-likeness (QED) is 0.877. The zero-order valence-electron chi connectivity index (χ0n) is 11.0. The number of rotatable bonds is 4. The number of aromatic hydroxyl groups is 1. The standard InChI is InChI=1S/C14H14O5S/c1-10-7-11(15)9-12(8-10)19-20(16,17)14-6-4-3-5-13(14)18-2/h3-9,15H,1-2H3. The van der Waals surface area contributed by atoms with E-state index in [2.05, 4.69) is 0 Å². The van der Waals surface area contributed by atoms with Gasteiger partial charge in [0.2, 0.25) is 0 Å². The summed E-state index contributed by atoms with van der Waals surface area (Å²) in [5.74, 6) is 0.188. The van der Waals surface area contributed by atoms with Crippen LogP contribution >= 0.6 is 0 Å². The molecular formula is C14H14O5S. The number of phenols is 1. The summed E-state index contributed by atoms with van der Waals surface area (Å²) in [4.78, 5) is -0.0662. The van der Waals surface area contributed by atoms with E-state index in [-0.39, 0.29) is 22.1 Å². The zero-order chi connectivity index (χ0) is 14.8. The average molecular weight is 294 g/mol. The fraction of sp³-hybridized carbons (Fsp3) is 0.143. The van der Waals surface area contributed by atoms with Crippen molar-refractivity contribution >= 4 is 10.1 Å². The highest BCUT2D eigenvalue weighted by atomic mass is 32.2. The monoisotopic (exact) mass is 294 g/mol. The lowest BCUT2D eigenvalue weighted by Crippen LogP contribution is -2.11. The van der Waals surface area contributed by atoms with E-state index in [0.717, 1.165) is 0 Å². The molecule has 0 aliphatic carbocycles. The van der Waals surface area contributed by atoms with Crippen LogP contribution in [0.25, 0.3) is 0 Å². The Morgan fingerprint density at radius 2 is 1.80 bits per heavy atom. The summed E-state index contributed by atoms with van der Waals surface area (Å²) in [6, 6.07) is 10.4. The summed E-state index contributed by atoms with van der Waals surface area (Å²) in [6.07, 6.45) is 0. The largest absolute Gasteiger partial charge is 0.508 e. The van der Waals surface area contributed by atoms with Crippen LogP contribution in [-0.2, 0) is 10.1 Å². The summed E-state index contributed by atoms with van der Waals surface area (Å²) in [7, 11) is -2.64. The molecule has 2 rings (SSSR count). The van der Waals surface area contributed by atoms with Gasteiger partial charge in [-0.3, -0.25) is 0 Å². The summed E-state index contributed by atoms with van der Waals surface area (Å²) in [5.41, 5.74) is 0.690.